The fourth-order valence-electron chi connectivity index (χ4n) is 5.77. The van der Waals surface area contributed by atoms with Crippen molar-refractivity contribution in [2.45, 2.75) is 12.0 Å². The van der Waals surface area contributed by atoms with Crippen LogP contribution in [0.2, 0.25) is 0 Å². The van der Waals surface area contributed by atoms with Crippen molar-refractivity contribution in [1.29, 1.82) is 0 Å². The van der Waals surface area contributed by atoms with E-state index in [1.54, 1.807) is 0 Å². The normalized spacial score (nSPS) is 17.5. The molecule has 2 aromatic heterocycles. The maximum Gasteiger partial charge on any atom is 0.235 e. The standard InChI is InChI=1S/C34H23N3O/c1-3-11-22(12-4-1)28-20-29(23-13-5-2-6-14-23)36-34(35-28)37-30-17-9-7-15-24(30)26-19-27-25-16-8-10-18-32(25)38-33(27)21-31(26)37/h1-21,25,32H. The number of hydrogen-bond donors (Lipinski definition) is 0. The minimum absolute atomic E-state index is 0.0450. The van der Waals surface area contributed by atoms with Crippen LogP contribution in [0, 0.1) is 0 Å². The summed E-state index contributed by atoms with van der Waals surface area (Å²) in [6.45, 7) is 0. The van der Waals surface area contributed by atoms with Gasteiger partial charge in [-0.3, -0.25) is 4.57 Å². The average molecular weight is 490 g/mol. The lowest BCUT2D eigenvalue weighted by atomic mass is 9.91. The molecule has 2 unspecified atom stereocenters. The Balaban J connectivity index is 1.42. The van der Waals surface area contributed by atoms with Crippen molar-refractivity contribution in [3.63, 3.8) is 0 Å². The first-order chi connectivity index (χ1) is 18.8. The molecule has 0 radical (unpaired) electrons. The summed E-state index contributed by atoms with van der Waals surface area (Å²) < 4.78 is 8.58. The van der Waals surface area contributed by atoms with E-state index in [0.717, 1.165) is 39.3 Å². The van der Waals surface area contributed by atoms with Gasteiger partial charge in [-0.25, -0.2) is 9.97 Å². The van der Waals surface area contributed by atoms with Gasteiger partial charge in [0.15, 0.2) is 0 Å². The molecule has 0 N–H and O–H groups in total. The molecule has 0 amide bonds. The molecular weight excluding hydrogens is 466 g/mol. The third-order valence-electron chi connectivity index (χ3n) is 7.56. The number of aromatic nitrogens is 3. The van der Waals surface area contributed by atoms with Crippen molar-refractivity contribution >= 4 is 21.8 Å². The molecule has 8 rings (SSSR count). The third kappa shape index (κ3) is 3.24. The SMILES string of the molecule is C1=CC2Oc3cc4c(cc3C2C=C1)c1ccccc1n4-c1nc(-c2ccccc2)cc(-c2ccccc2)n1. The molecule has 3 heterocycles. The number of nitrogens with zero attached hydrogens (tertiary/aromatic N) is 3. The van der Waals surface area contributed by atoms with Crippen LogP contribution >= 0.6 is 0 Å². The zero-order valence-electron chi connectivity index (χ0n) is 20.5. The summed E-state index contributed by atoms with van der Waals surface area (Å²) in [5.41, 5.74) is 7.24. The second-order valence-corrected chi connectivity index (χ2v) is 9.81. The van der Waals surface area contributed by atoms with Gasteiger partial charge in [0.2, 0.25) is 5.95 Å². The number of fused-ring (bicyclic) bond motifs is 6. The number of benzene rings is 4. The minimum Gasteiger partial charge on any atom is -0.485 e. The summed E-state index contributed by atoms with van der Waals surface area (Å²) in [4.78, 5) is 10.3. The Hall–Kier alpha value is -4.96. The van der Waals surface area contributed by atoms with Crippen molar-refractivity contribution in [3.8, 4) is 34.2 Å². The molecule has 0 bridgehead atoms. The molecule has 0 fully saturated rings. The molecule has 4 aromatic carbocycles. The van der Waals surface area contributed by atoms with E-state index in [9.17, 15) is 0 Å². The topological polar surface area (TPSA) is 39.9 Å². The predicted octanol–water partition coefficient (Wildman–Crippen LogP) is 7.88. The quantitative estimate of drug-likeness (QED) is 0.254. The van der Waals surface area contributed by atoms with Gasteiger partial charge < -0.3 is 4.74 Å². The Labute approximate surface area is 220 Å². The summed E-state index contributed by atoms with van der Waals surface area (Å²) in [5, 5.41) is 2.36. The van der Waals surface area contributed by atoms with Gasteiger partial charge in [-0.2, -0.15) is 0 Å². The van der Waals surface area contributed by atoms with Crippen LogP contribution in [0.3, 0.4) is 0 Å². The van der Waals surface area contributed by atoms with Gasteiger partial charge in [-0.1, -0.05) is 97.1 Å². The van der Waals surface area contributed by atoms with E-state index in [4.69, 9.17) is 14.7 Å². The van der Waals surface area contributed by atoms with Crippen LogP contribution in [0.25, 0.3) is 50.3 Å². The van der Waals surface area contributed by atoms with E-state index in [0.29, 0.717) is 5.95 Å². The Bertz CT molecular complexity index is 1840. The summed E-state index contributed by atoms with van der Waals surface area (Å²) in [7, 11) is 0. The molecule has 0 saturated heterocycles. The molecular formula is C34H23N3O. The van der Waals surface area contributed by atoms with Crippen LogP contribution in [0.5, 0.6) is 5.75 Å². The summed E-state index contributed by atoms with van der Waals surface area (Å²) >= 11 is 0. The van der Waals surface area contributed by atoms with E-state index in [-0.39, 0.29) is 12.0 Å². The average Bonchev–Trinajstić information content (AvgIpc) is 3.51. The highest BCUT2D eigenvalue weighted by Gasteiger charge is 2.33. The zero-order chi connectivity index (χ0) is 25.1. The van der Waals surface area contributed by atoms with E-state index in [1.807, 2.05) is 36.4 Å². The molecule has 4 nitrogen and oxygen atoms in total. The van der Waals surface area contributed by atoms with Crippen molar-refractivity contribution in [2.24, 2.45) is 0 Å². The van der Waals surface area contributed by atoms with Gasteiger partial charge in [0.05, 0.1) is 22.4 Å². The monoisotopic (exact) mass is 489 g/mol. The number of ether oxygens (including phenoxy) is 1. The fourth-order valence-corrected chi connectivity index (χ4v) is 5.77. The molecule has 6 aromatic rings. The van der Waals surface area contributed by atoms with Gasteiger partial charge in [-0.15, -0.1) is 0 Å². The lowest BCUT2D eigenvalue weighted by Crippen LogP contribution is -2.15. The molecule has 0 saturated carbocycles. The fraction of sp³-hybridized carbons (Fsp3) is 0.0588. The first-order valence-electron chi connectivity index (χ1n) is 12.9. The first-order valence-corrected chi connectivity index (χ1v) is 12.9. The Morgan fingerprint density at radius 2 is 1.26 bits per heavy atom. The summed E-state index contributed by atoms with van der Waals surface area (Å²) in [6, 6.07) is 35.7. The molecule has 4 heteroatoms. The highest BCUT2D eigenvalue weighted by atomic mass is 16.5. The smallest absolute Gasteiger partial charge is 0.235 e. The second kappa shape index (κ2) is 8.29. The van der Waals surface area contributed by atoms with Crippen molar-refractivity contribution in [3.05, 3.63) is 133 Å². The summed E-state index contributed by atoms with van der Waals surface area (Å²) in [5.74, 6) is 1.81. The van der Waals surface area contributed by atoms with Crippen LogP contribution in [-0.4, -0.2) is 20.6 Å². The molecule has 38 heavy (non-hydrogen) atoms. The Kier molecular flexibility index (Phi) is 4.61. The van der Waals surface area contributed by atoms with Crippen LogP contribution in [0.15, 0.2) is 127 Å². The molecule has 1 aliphatic carbocycles. The second-order valence-electron chi connectivity index (χ2n) is 9.81. The van der Waals surface area contributed by atoms with Crippen LogP contribution in [0.1, 0.15) is 11.5 Å². The number of hydrogen-bond acceptors (Lipinski definition) is 3. The van der Waals surface area contributed by atoms with Crippen LogP contribution in [-0.2, 0) is 0 Å². The van der Waals surface area contributed by atoms with E-state index >= 15 is 0 Å². The van der Waals surface area contributed by atoms with Gasteiger partial charge in [0.1, 0.15) is 11.9 Å². The van der Waals surface area contributed by atoms with Gasteiger partial charge >= 0.3 is 0 Å². The van der Waals surface area contributed by atoms with E-state index in [1.165, 1.54) is 16.3 Å². The van der Waals surface area contributed by atoms with Gasteiger partial charge in [-0.05, 0) is 24.3 Å². The van der Waals surface area contributed by atoms with Gasteiger partial charge in [0.25, 0.3) is 0 Å². The van der Waals surface area contributed by atoms with Crippen molar-refractivity contribution in [2.75, 3.05) is 0 Å². The summed E-state index contributed by atoms with van der Waals surface area (Å²) in [6.07, 6.45) is 8.60. The minimum atomic E-state index is 0.0450. The molecule has 180 valence electrons. The third-order valence-corrected chi connectivity index (χ3v) is 7.56. The number of allylic oxidation sites excluding steroid dienone is 2. The molecule has 1 aliphatic heterocycles. The number of para-hydroxylation sites is 1. The Morgan fingerprint density at radius 1 is 0.605 bits per heavy atom. The van der Waals surface area contributed by atoms with Crippen LogP contribution < -0.4 is 4.74 Å². The van der Waals surface area contributed by atoms with Crippen molar-refractivity contribution < 1.29 is 4.74 Å². The van der Waals surface area contributed by atoms with Gasteiger partial charge in [0, 0.05) is 39.4 Å². The predicted molar refractivity (Wildman–Crippen MR) is 153 cm³/mol. The first kappa shape index (κ1) is 21.2. The maximum atomic E-state index is 6.40. The molecule has 0 spiro atoms. The lowest BCUT2D eigenvalue weighted by Gasteiger charge is -2.13. The molecule has 2 atom stereocenters. The van der Waals surface area contributed by atoms with Crippen molar-refractivity contribution in [1.82, 2.24) is 14.5 Å². The highest BCUT2D eigenvalue weighted by Crippen LogP contribution is 2.45. The van der Waals surface area contributed by atoms with E-state index in [2.05, 4.69) is 95.6 Å². The lowest BCUT2D eigenvalue weighted by molar-refractivity contribution is 0.269. The zero-order valence-corrected chi connectivity index (χ0v) is 20.5. The number of rotatable bonds is 3. The molecule has 2 aliphatic rings. The largest absolute Gasteiger partial charge is 0.485 e. The van der Waals surface area contributed by atoms with Crippen LogP contribution in [0.4, 0.5) is 0 Å². The maximum absolute atomic E-state index is 6.40. The van der Waals surface area contributed by atoms with E-state index < -0.39 is 0 Å². The Morgan fingerprint density at radius 3 is 2.00 bits per heavy atom. The highest BCUT2D eigenvalue weighted by molar-refractivity contribution is 6.10.